The number of carbonyl (C=O) groups is 2. The van der Waals surface area contributed by atoms with Gasteiger partial charge < -0.3 is 15.2 Å². The third-order valence-corrected chi connectivity index (χ3v) is 4.40. The number of benzene rings is 1. The highest BCUT2D eigenvalue weighted by Crippen LogP contribution is 2.48. The van der Waals surface area contributed by atoms with Crippen LogP contribution in [0.25, 0.3) is 0 Å². The number of hydrogen-bond acceptors (Lipinski definition) is 3. The number of hydrogen-bond donors (Lipinski definition) is 1. The van der Waals surface area contributed by atoms with Gasteiger partial charge in [0.2, 0.25) is 5.91 Å². The van der Waals surface area contributed by atoms with Crippen molar-refractivity contribution in [1.29, 1.82) is 0 Å². The number of carboxylic acid groups (broad SMARTS) is 1. The molecule has 2 aliphatic carbocycles. The van der Waals surface area contributed by atoms with E-state index in [4.69, 9.17) is 11.6 Å². The van der Waals surface area contributed by atoms with E-state index in [0.29, 0.717) is 10.7 Å². The maximum absolute atomic E-state index is 12.3. The van der Waals surface area contributed by atoms with Gasteiger partial charge in [0.25, 0.3) is 0 Å². The topological polar surface area (TPSA) is 69.2 Å². The molecule has 3 rings (SSSR count). The highest BCUT2D eigenvalue weighted by Gasteiger charge is 2.48. The molecule has 0 heterocycles. The highest BCUT2D eigenvalue weighted by atomic mass is 35.5. The molecule has 0 aromatic heterocycles. The smallest absolute Gasteiger partial charge is 0.228 e. The predicted molar refractivity (Wildman–Crippen MR) is 72.8 cm³/mol. The van der Waals surface area contributed by atoms with E-state index in [-0.39, 0.29) is 17.7 Å². The van der Waals surface area contributed by atoms with Crippen molar-refractivity contribution in [1.82, 2.24) is 0 Å². The van der Waals surface area contributed by atoms with Crippen molar-refractivity contribution in [2.45, 2.75) is 6.42 Å². The van der Waals surface area contributed by atoms with Crippen molar-refractivity contribution in [3.05, 3.63) is 41.4 Å². The summed E-state index contributed by atoms with van der Waals surface area (Å²) in [5, 5.41) is 14.6. The van der Waals surface area contributed by atoms with Gasteiger partial charge in [-0.3, -0.25) is 4.79 Å². The molecule has 1 aromatic carbocycles. The number of nitrogens with one attached hydrogen (secondary N) is 1. The Balaban J connectivity index is 1.78. The molecule has 1 saturated carbocycles. The van der Waals surface area contributed by atoms with Gasteiger partial charge in [-0.15, -0.1) is 0 Å². The van der Waals surface area contributed by atoms with Gasteiger partial charge in [-0.1, -0.05) is 23.8 Å². The van der Waals surface area contributed by atoms with E-state index in [2.05, 4.69) is 5.32 Å². The van der Waals surface area contributed by atoms with Crippen molar-refractivity contribution in [2.24, 2.45) is 23.7 Å². The van der Waals surface area contributed by atoms with E-state index in [1.165, 1.54) is 0 Å². The predicted octanol–water partition coefficient (Wildman–Crippen LogP) is 1.47. The Morgan fingerprint density at radius 1 is 1.10 bits per heavy atom. The van der Waals surface area contributed by atoms with Crippen LogP contribution in [0.5, 0.6) is 0 Å². The van der Waals surface area contributed by atoms with Crippen LogP contribution in [0.2, 0.25) is 5.02 Å². The van der Waals surface area contributed by atoms with Crippen molar-refractivity contribution in [3.8, 4) is 0 Å². The number of rotatable bonds is 3. The lowest BCUT2D eigenvalue weighted by Crippen LogP contribution is -2.42. The first-order chi connectivity index (χ1) is 9.56. The van der Waals surface area contributed by atoms with Crippen molar-refractivity contribution in [2.75, 3.05) is 5.32 Å². The van der Waals surface area contributed by atoms with Crippen LogP contribution in [0.1, 0.15) is 6.42 Å². The van der Waals surface area contributed by atoms with Gasteiger partial charge >= 0.3 is 0 Å². The lowest BCUT2D eigenvalue weighted by atomic mass is 9.82. The van der Waals surface area contributed by atoms with E-state index in [1.54, 1.807) is 24.3 Å². The van der Waals surface area contributed by atoms with Gasteiger partial charge in [0.1, 0.15) is 0 Å². The zero-order valence-electron chi connectivity index (χ0n) is 10.6. The first-order valence-corrected chi connectivity index (χ1v) is 6.89. The Bertz CT molecular complexity index is 581. The number of carboxylic acids is 1. The summed E-state index contributed by atoms with van der Waals surface area (Å²) in [4.78, 5) is 23.6. The molecule has 0 radical (unpaired) electrons. The fraction of sp³-hybridized carbons (Fsp3) is 0.333. The molecule has 104 valence electrons. The van der Waals surface area contributed by atoms with Crippen LogP contribution in [-0.2, 0) is 9.59 Å². The molecule has 0 saturated heterocycles. The normalized spacial score (nSPS) is 30.4. The maximum atomic E-state index is 12.3. The first kappa shape index (κ1) is 13.2. The summed E-state index contributed by atoms with van der Waals surface area (Å²) in [7, 11) is 0. The maximum Gasteiger partial charge on any atom is 0.228 e. The van der Waals surface area contributed by atoms with Crippen molar-refractivity contribution in [3.63, 3.8) is 0 Å². The second-order valence-electron chi connectivity index (χ2n) is 5.32. The molecule has 2 bridgehead atoms. The number of aliphatic carboxylic acids is 1. The minimum atomic E-state index is -1.14. The summed E-state index contributed by atoms with van der Waals surface area (Å²) in [5.41, 5.74) is 0.614. The average Bonchev–Trinajstić information content (AvgIpc) is 3.01. The third-order valence-electron chi connectivity index (χ3n) is 4.15. The molecule has 4 atom stereocenters. The number of amides is 1. The van der Waals surface area contributed by atoms with Gasteiger partial charge in [0.05, 0.1) is 5.92 Å². The Morgan fingerprint density at radius 2 is 1.70 bits per heavy atom. The molecule has 0 unspecified atom stereocenters. The summed E-state index contributed by atoms with van der Waals surface area (Å²) in [5.74, 6) is -2.76. The summed E-state index contributed by atoms with van der Waals surface area (Å²) in [6, 6.07) is 6.73. The van der Waals surface area contributed by atoms with Gasteiger partial charge in [-0.25, -0.2) is 0 Å². The summed E-state index contributed by atoms with van der Waals surface area (Å²) < 4.78 is 0. The van der Waals surface area contributed by atoms with Crippen LogP contribution in [0.3, 0.4) is 0 Å². The van der Waals surface area contributed by atoms with E-state index in [9.17, 15) is 14.7 Å². The number of allylic oxidation sites excluding steroid dienone is 2. The monoisotopic (exact) mass is 290 g/mol. The molecule has 5 heteroatoms. The molecule has 1 aromatic rings. The molecular weight excluding hydrogens is 278 g/mol. The van der Waals surface area contributed by atoms with Gasteiger partial charge in [0.15, 0.2) is 0 Å². The average molecular weight is 291 g/mol. The molecule has 0 spiro atoms. The molecule has 1 N–H and O–H groups in total. The zero-order chi connectivity index (χ0) is 14.3. The van der Waals surface area contributed by atoms with Crippen LogP contribution < -0.4 is 10.4 Å². The van der Waals surface area contributed by atoms with E-state index < -0.39 is 17.8 Å². The Hall–Kier alpha value is -1.81. The molecule has 20 heavy (non-hydrogen) atoms. The van der Waals surface area contributed by atoms with Crippen LogP contribution in [-0.4, -0.2) is 11.9 Å². The lowest BCUT2D eigenvalue weighted by Gasteiger charge is -2.27. The number of anilines is 1. The fourth-order valence-corrected chi connectivity index (χ4v) is 3.39. The summed E-state index contributed by atoms with van der Waals surface area (Å²) >= 11 is 5.78. The van der Waals surface area contributed by atoms with Crippen molar-refractivity contribution >= 4 is 29.2 Å². The molecule has 0 aliphatic heterocycles. The Kier molecular flexibility index (Phi) is 3.26. The van der Waals surface area contributed by atoms with Gasteiger partial charge in [-0.2, -0.15) is 0 Å². The molecule has 2 aliphatic rings. The van der Waals surface area contributed by atoms with Crippen LogP contribution in [0, 0.1) is 23.7 Å². The summed E-state index contributed by atoms with van der Waals surface area (Å²) in [6.07, 6.45) is 4.55. The standard InChI is InChI=1S/C15H14ClNO3/c16-10-3-5-11(6-4-10)17-14(18)12-8-1-2-9(7-8)13(12)15(19)20/h1-6,8-9,12-13H,7H2,(H,17,18)(H,19,20)/p-1/t8-,9-,12-,13-/m0/s1. The SMILES string of the molecule is O=C([O-])[C@@H]1[C@@H](C(=O)Nc2ccc(Cl)cc2)[C@H]2C=C[C@H]1C2. The third kappa shape index (κ3) is 2.20. The minimum Gasteiger partial charge on any atom is -0.550 e. The molecule has 4 nitrogen and oxygen atoms in total. The Labute approximate surface area is 121 Å². The van der Waals surface area contributed by atoms with Crippen LogP contribution in [0.15, 0.2) is 36.4 Å². The number of halogens is 1. The van der Waals surface area contributed by atoms with E-state index in [1.807, 2.05) is 12.2 Å². The molecule has 1 fully saturated rings. The largest absolute Gasteiger partial charge is 0.550 e. The van der Waals surface area contributed by atoms with Crippen molar-refractivity contribution < 1.29 is 14.7 Å². The second-order valence-corrected chi connectivity index (χ2v) is 5.75. The zero-order valence-corrected chi connectivity index (χ0v) is 11.3. The van der Waals surface area contributed by atoms with Crippen LogP contribution >= 0.6 is 11.6 Å². The summed E-state index contributed by atoms with van der Waals surface area (Å²) in [6.45, 7) is 0. The fourth-order valence-electron chi connectivity index (χ4n) is 3.26. The van der Waals surface area contributed by atoms with E-state index >= 15 is 0 Å². The van der Waals surface area contributed by atoms with E-state index in [0.717, 1.165) is 6.42 Å². The second kappa shape index (κ2) is 4.94. The number of fused-ring (bicyclic) bond motifs is 2. The number of carbonyl (C=O) groups excluding carboxylic acids is 2. The first-order valence-electron chi connectivity index (χ1n) is 6.52. The minimum absolute atomic E-state index is 0.00444. The van der Waals surface area contributed by atoms with Crippen LogP contribution in [0.4, 0.5) is 5.69 Å². The van der Waals surface area contributed by atoms with Gasteiger partial charge in [-0.05, 0) is 42.5 Å². The quantitative estimate of drug-likeness (QED) is 0.857. The molecule has 1 amide bonds. The highest BCUT2D eigenvalue weighted by molar-refractivity contribution is 6.30. The molecular formula is C15H13ClNO3-. The Morgan fingerprint density at radius 3 is 2.30 bits per heavy atom. The lowest BCUT2D eigenvalue weighted by molar-refractivity contribution is -0.313. The van der Waals surface area contributed by atoms with Gasteiger partial charge in [0, 0.05) is 22.6 Å².